The highest BCUT2D eigenvalue weighted by molar-refractivity contribution is 7.92. The maximum absolute atomic E-state index is 11.9. The number of nitrogens with one attached hydrogen (secondary N) is 1. The zero-order valence-corrected chi connectivity index (χ0v) is 12.8. The van der Waals surface area contributed by atoms with Crippen molar-refractivity contribution in [3.8, 4) is 0 Å². The van der Waals surface area contributed by atoms with E-state index in [4.69, 9.17) is 0 Å². The number of nitrogens with zero attached hydrogens (tertiary/aromatic N) is 1. The van der Waals surface area contributed by atoms with Crippen molar-refractivity contribution in [2.45, 2.75) is 18.2 Å². The molecule has 0 aromatic heterocycles. The molecule has 0 heterocycles. The summed E-state index contributed by atoms with van der Waals surface area (Å²) in [5.74, 6) is -0.00232. The van der Waals surface area contributed by atoms with Gasteiger partial charge in [0.15, 0.2) is 0 Å². The van der Waals surface area contributed by atoms with E-state index in [2.05, 4.69) is 4.72 Å². The van der Waals surface area contributed by atoms with E-state index in [1.807, 2.05) is 0 Å². The third kappa shape index (κ3) is 4.19. The highest BCUT2D eigenvalue weighted by Gasteiger charge is 2.18. The maximum atomic E-state index is 11.9. The van der Waals surface area contributed by atoms with Crippen molar-refractivity contribution in [2.24, 2.45) is 0 Å². The summed E-state index contributed by atoms with van der Waals surface area (Å²) < 4.78 is 50.5. The predicted octanol–water partition coefficient (Wildman–Crippen LogP) is 1.09. The Morgan fingerprint density at radius 1 is 1.16 bits per heavy atom. The molecule has 0 saturated heterocycles. The van der Waals surface area contributed by atoms with Gasteiger partial charge in [0.05, 0.1) is 10.6 Å². The largest absolute Gasteiger partial charge is 0.284 e. The second-order valence-electron chi connectivity index (χ2n) is 4.24. The summed E-state index contributed by atoms with van der Waals surface area (Å²) in [6.45, 7) is 1.76. The molecule has 0 bridgehead atoms. The van der Waals surface area contributed by atoms with Gasteiger partial charge >= 0.3 is 0 Å². The molecule has 0 amide bonds. The van der Waals surface area contributed by atoms with Crippen LogP contribution in [0, 0.1) is 0 Å². The normalized spacial score (nSPS) is 12.6. The molecule has 6 nitrogen and oxygen atoms in total. The molecule has 8 heteroatoms. The van der Waals surface area contributed by atoms with Crippen LogP contribution in [0.3, 0.4) is 0 Å². The van der Waals surface area contributed by atoms with Crippen molar-refractivity contribution in [2.75, 3.05) is 24.6 Å². The molecule has 0 fully saturated rings. The standard InChI is InChI=1S/C11H18N2O4S2/c1-4-8-18(14,15)12-10-6-5-7-11(9-10)19(16,17)13(2)3/h5-7,9,12H,4,8H2,1-3H3. The van der Waals surface area contributed by atoms with E-state index in [0.717, 1.165) is 4.31 Å². The number of benzene rings is 1. The second kappa shape index (κ2) is 5.89. The molecule has 0 aliphatic rings. The Labute approximate surface area is 114 Å². The van der Waals surface area contributed by atoms with Crippen LogP contribution in [-0.4, -0.2) is 41.0 Å². The minimum atomic E-state index is -3.57. The summed E-state index contributed by atoms with van der Waals surface area (Å²) in [5, 5.41) is 0. The van der Waals surface area contributed by atoms with Crippen LogP contribution in [0.4, 0.5) is 5.69 Å². The van der Waals surface area contributed by atoms with E-state index in [9.17, 15) is 16.8 Å². The molecular formula is C11H18N2O4S2. The van der Waals surface area contributed by atoms with Gasteiger partial charge in [0, 0.05) is 19.8 Å². The Balaban J connectivity index is 3.09. The number of rotatable bonds is 6. The summed E-state index contributed by atoms with van der Waals surface area (Å²) in [4.78, 5) is 0.0502. The molecule has 0 aliphatic carbocycles. The van der Waals surface area contributed by atoms with Gasteiger partial charge in [0.2, 0.25) is 20.0 Å². The van der Waals surface area contributed by atoms with E-state index in [1.165, 1.54) is 38.4 Å². The summed E-state index contributed by atoms with van der Waals surface area (Å²) >= 11 is 0. The molecule has 1 N–H and O–H groups in total. The van der Waals surface area contributed by atoms with Crippen LogP contribution in [-0.2, 0) is 20.0 Å². The molecule has 0 aliphatic heterocycles. The lowest BCUT2D eigenvalue weighted by atomic mass is 10.3. The molecule has 0 atom stereocenters. The number of anilines is 1. The first-order valence-electron chi connectivity index (χ1n) is 5.72. The van der Waals surface area contributed by atoms with Gasteiger partial charge in [-0.2, -0.15) is 0 Å². The fourth-order valence-electron chi connectivity index (χ4n) is 1.43. The van der Waals surface area contributed by atoms with Gasteiger partial charge in [-0.1, -0.05) is 13.0 Å². The Hall–Kier alpha value is -1.12. The monoisotopic (exact) mass is 306 g/mol. The lowest BCUT2D eigenvalue weighted by Gasteiger charge is -2.13. The molecule has 0 radical (unpaired) electrons. The van der Waals surface area contributed by atoms with Crippen LogP contribution in [0.25, 0.3) is 0 Å². The van der Waals surface area contributed by atoms with Crippen molar-refractivity contribution in [3.05, 3.63) is 24.3 Å². The van der Waals surface area contributed by atoms with Crippen molar-refractivity contribution in [1.82, 2.24) is 4.31 Å². The minimum Gasteiger partial charge on any atom is -0.284 e. The van der Waals surface area contributed by atoms with Crippen LogP contribution < -0.4 is 4.72 Å². The zero-order valence-electron chi connectivity index (χ0n) is 11.1. The van der Waals surface area contributed by atoms with Gasteiger partial charge in [-0.15, -0.1) is 0 Å². The summed E-state index contributed by atoms with van der Waals surface area (Å²) in [7, 11) is -4.15. The van der Waals surface area contributed by atoms with E-state index in [1.54, 1.807) is 6.92 Å². The highest BCUT2D eigenvalue weighted by atomic mass is 32.2. The molecule has 0 spiro atoms. The summed E-state index contributed by atoms with van der Waals surface area (Å²) in [5.41, 5.74) is 0.247. The molecule has 1 aromatic carbocycles. The maximum Gasteiger partial charge on any atom is 0.242 e. The molecule has 0 saturated carbocycles. The average Bonchev–Trinajstić information content (AvgIpc) is 2.28. The Morgan fingerprint density at radius 3 is 2.32 bits per heavy atom. The molecule has 1 aromatic rings. The Bertz CT molecular complexity index is 636. The molecule has 108 valence electrons. The van der Waals surface area contributed by atoms with Crippen LogP contribution >= 0.6 is 0 Å². The number of sulfonamides is 2. The van der Waals surface area contributed by atoms with Gasteiger partial charge < -0.3 is 0 Å². The van der Waals surface area contributed by atoms with E-state index < -0.39 is 20.0 Å². The van der Waals surface area contributed by atoms with Crippen molar-refractivity contribution in [1.29, 1.82) is 0 Å². The minimum absolute atomic E-state index is 0.00232. The van der Waals surface area contributed by atoms with Crippen LogP contribution in [0.1, 0.15) is 13.3 Å². The Morgan fingerprint density at radius 2 is 1.79 bits per heavy atom. The molecule has 0 unspecified atom stereocenters. The zero-order chi connectivity index (χ0) is 14.7. The van der Waals surface area contributed by atoms with Gasteiger partial charge in [-0.25, -0.2) is 21.1 Å². The first-order chi connectivity index (χ1) is 8.69. The first kappa shape index (κ1) is 15.9. The fourth-order valence-corrected chi connectivity index (χ4v) is 3.50. The van der Waals surface area contributed by atoms with Crippen molar-refractivity contribution >= 4 is 25.7 Å². The topological polar surface area (TPSA) is 83.5 Å². The third-order valence-corrected chi connectivity index (χ3v) is 5.66. The second-order valence-corrected chi connectivity index (χ2v) is 8.23. The molecular weight excluding hydrogens is 288 g/mol. The fraction of sp³-hybridized carbons (Fsp3) is 0.455. The quantitative estimate of drug-likeness (QED) is 0.852. The van der Waals surface area contributed by atoms with E-state index >= 15 is 0 Å². The van der Waals surface area contributed by atoms with Crippen molar-refractivity contribution in [3.63, 3.8) is 0 Å². The lowest BCUT2D eigenvalue weighted by molar-refractivity contribution is 0.521. The van der Waals surface area contributed by atoms with Gasteiger partial charge in [0.1, 0.15) is 0 Å². The number of hydrogen-bond donors (Lipinski definition) is 1. The summed E-state index contributed by atoms with van der Waals surface area (Å²) in [6, 6.07) is 5.75. The lowest BCUT2D eigenvalue weighted by Crippen LogP contribution is -2.22. The predicted molar refractivity (Wildman–Crippen MR) is 75.0 cm³/mol. The average molecular weight is 306 g/mol. The smallest absolute Gasteiger partial charge is 0.242 e. The van der Waals surface area contributed by atoms with E-state index in [-0.39, 0.29) is 16.3 Å². The van der Waals surface area contributed by atoms with E-state index in [0.29, 0.717) is 6.42 Å². The molecule has 19 heavy (non-hydrogen) atoms. The van der Waals surface area contributed by atoms with Crippen LogP contribution in [0.5, 0.6) is 0 Å². The van der Waals surface area contributed by atoms with Gasteiger partial charge in [0.25, 0.3) is 0 Å². The highest BCUT2D eigenvalue weighted by Crippen LogP contribution is 2.18. The van der Waals surface area contributed by atoms with Gasteiger partial charge in [-0.05, 0) is 24.6 Å². The Kier molecular flexibility index (Phi) is 4.94. The molecule has 1 rings (SSSR count). The third-order valence-electron chi connectivity index (χ3n) is 2.36. The summed E-state index contributed by atoms with van der Waals surface area (Å²) in [6.07, 6.45) is 0.491. The van der Waals surface area contributed by atoms with Crippen molar-refractivity contribution < 1.29 is 16.8 Å². The first-order valence-corrected chi connectivity index (χ1v) is 8.81. The van der Waals surface area contributed by atoms with Gasteiger partial charge in [-0.3, -0.25) is 4.72 Å². The van der Waals surface area contributed by atoms with Crippen LogP contribution in [0.15, 0.2) is 29.2 Å². The van der Waals surface area contributed by atoms with Crippen LogP contribution in [0.2, 0.25) is 0 Å². The number of hydrogen-bond acceptors (Lipinski definition) is 4. The SMILES string of the molecule is CCCS(=O)(=O)Nc1cccc(S(=O)(=O)N(C)C)c1.